The van der Waals surface area contributed by atoms with Crippen LogP contribution >= 0.6 is 0 Å². The van der Waals surface area contributed by atoms with Crippen LogP contribution in [0.5, 0.6) is 11.5 Å². The Morgan fingerprint density at radius 3 is 2.50 bits per heavy atom. The minimum absolute atomic E-state index is 0.0708. The van der Waals surface area contributed by atoms with Crippen LogP contribution < -0.4 is 19.2 Å². The van der Waals surface area contributed by atoms with Crippen LogP contribution in [0, 0.1) is 12.7 Å². The summed E-state index contributed by atoms with van der Waals surface area (Å²) < 4.78 is 52.7. The number of rotatable bonds is 11. The Morgan fingerprint density at radius 1 is 1.11 bits per heavy atom. The first kappa shape index (κ1) is 26.4. The van der Waals surface area contributed by atoms with Crippen molar-refractivity contribution in [2.45, 2.75) is 11.8 Å². The molecular weight excluding hydrogens is 485 g/mol. The van der Waals surface area contributed by atoms with Gasteiger partial charge in [0.05, 0.1) is 23.9 Å². The molecule has 0 radical (unpaired) electrons. The molecule has 0 aliphatic rings. The predicted molar refractivity (Wildman–Crippen MR) is 137 cm³/mol. The molecule has 3 rings (SSSR count). The summed E-state index contributed by atoms with van der Waals surface area (Å²) in [5, 5.41) is 3.89. The van der Waals surface area contributed by atoms with Gasteiger partial charge in [0.15, 0.2) is 11.5 Å². The van der Waals surface area contributed by atoms with Crippen molar-refractivity contribution in [3.05, 3.63) is 96.3 Å². The fourth-order valence-electron chi connectivity index (χ4n) is 3.17. The second kappa shape index (κ2) is 12.0. The van der Waals surface area contributed by atoms with Crippen LogP contribution in [0.2, 0.25) is 0 Å². The molecule has 8 nitrogen and oxygen atoms in total. The lowest BCUT2D eigenvalue weighted by Crippen LogP contribution is -2.40. The Balaban J connectivity index is 1.80. The lowest BCUT2D eigenvalue weighted by atomic mass is 10.2. The molecule has 188 valence electrons. The number of ether oxygens (including phenoxy) is 2. The van der Waals surface area contributed by atoms with E-state index in [-0.39, 0.29) is 10.6 Å². The molecule has 1 amide bonds. The number of hydrogen-bond acceptors (Lipinski definition) is 6. The van der Waals surface area contributed by atoms with E-state index in [0.29, 0.717) is 28.0 Å². The van der Waals surface area contributed by atoms with Gasteiger partial charge in [-0.25, -0.2) is 18.2 Å². The number of benzene rings is 3. The number of aryl methyl sites for hydroxylation is 1. The summed E-state index contributed by atoms with van der Waals surface area (Å²) in [5.74, 6) is -0.569. The van der Waals surface area contributed by atoms with Crippen molar-refractivity contribution < 1.29 is 27.1 Å². The number of amides is 1. The Morgan fingerprint density at radius 2 is 1.83 bits per heavy atom. The van der Waals surface area contributed by atoms with Crippen molar-refractivity contribution in [3.63, 3.8) is 0 Å². The summed E-state index contributed by atoms with van der Waals surface area (Å²) in [6.07, 6.45) is 2.97. The molecular formula is C26H26FN3O5S. The van der Waals surface area contributed by atoms with E-state index in [1.807, 2.05) is 6.92 Å². The molecule has 10 heteroatoms. The van der Waals surface area contributed by atoms with E-state index in [1.165, 1.54) is 43.7 Å². The zero-order valence-corrected chi connectivity index (χ0v) is 20.7. The summed E-state index contributed by atoms with van der Waals surface area (Å²) in [5.41, 5.74) is 3.48. The lowest BCUT2D eigenvalue weighted by Gasteiger charge is -2.24. The Labute approximate surface area is 209 Å². The SMILES string of the molecule is C=CCOc1ccc(/C=N\NC(=O)CN(c2ccccc2F)S(=O)(=O)c2ccc(C)cc2)cc1OC. The van der Waals surface area contributed by atoms with Crippen molar-refractivity contribution in [2.24, 2.45) is 5.10 Å². The lowest BCUT2D eigenvalue weighted by molar-refractivity contribution is -0.119. The highest BCUT2D eigenvalue weighted by atomic mass is 32.2. The van der Waals surface area contributed by atoms with Gasteiger partial charge in [0.25, 0.3) is 15.9 Å². The van der Waals surface area contributed by atoms with Crippen LogP contribution in [0.3, 0.4) is 0 Å². The fourth-order valence-corrected chi connectivity index (χ4v) is 4.60. The molecule has 0 aromatic heterocycles. The molecule has 3 aromatic rings. The van der Waals surface area contributed by atoms with Crippen LogP contribution in [0.15, 0.2) is 89.4 Å². The van der Waals surface area contributed by atoms with Crippen molar-refractivity contribution in [3.8, 4) is 11.5 Å². The normalized spacial score (nSPS) is 11.2. The number of carbonyl (C=O) groups excluding carboxylic acids is 1. The number of hydrogen-bond donors (Lipinski definition) is 1. The summed E-state index contributed by atoms with van der Waals surface area (Å²) in [6, 6.07) is 16.4. The Hall–Kier alpha value is -4.18. The summed E-state index contributed by atoms with van der Waals surface area (Å²) in [7, 11) is -2.75. The maximum absolute atomic E-state index is 14.6. The van der Waals surface area contributed by atoms with Crippen LogP contribution in [-0.2, 0) is 14.8 Å². The molecule has 0 saturated carbocycles. The highest BCUT2D eigenvalue weighted by Gasteiger charge is 2.29. The third-order valence-corrected chi connectivity index (χ3v) is 6.74. The molecule has 1 N–H and O–H groups in total. The van der Waals surface area contributed by atoms with Gasteiger partial charge in [-0.15, -0.1) is 0 Å². The van der Waals surface area contributed by atoms with E-state index in [9.17, 15) is 17.6 Å². The Kier molecular flexibility index (Phi) is 8.80. The maximum atomic E-state index is 14.6. The molecule has 0 saturated heterocycles. The number of sulfonamides is 1. The van der Waals surface area contributed by atoms with Gasteiger partial charge in [-0.1, -0.05) is 42.5 Å². The number of anilines is 1. The standard InChI is InChI=1S/C26H26FN3O5S/c1-4-15-35-24-14-11-20(16-25(24)34-3)17-28-29-26(31)18-30(23-8-6-5-7-22(23)27)36(32,33)21-12-9-19(2)10-13-21/h4-14,16-17H,1,15,18H2,2-3H3,(H,29,31)/b28-17-. The van der Waals surface area contributed by atoms with Crippen molar-refractivity contribution in [1.82, 2.24) is 5.43 Å². The molecule has 0 atom stereocenters. The van der Waals surface area contributed by atoms with E-state index < -0.39 is 28.3 Å². The van der Waals surface area contributed by atoms with Gasteiger partial charge in [0.1, 0.15) is 19.0 Å². The number of nitrogens with zero attached hydrogens (tertiary/aromatic N) is 2. The molecule has 0 spiro atoms. The second-order valence-electron chi connectivity index (χ2n) is 7.58. The topological polar surface area (TPSA) is 97.3 Å². The third-order valence-electron chi connectivity index (χ3n) is 4.96. The van der Waals surface area contributed by atoms with Crippen molar-refractivity contribution in [2.75, 3.05) is 24.6 Å². The highest BCUT2D eigenvalue weighted by Crippen LogP contribution is 2.28. The van der Waals surface area contributed by atoms with Crippen LogP contribution in [0.25, 0.3) is 0 Å². The van der Waals surface area contributed by atoms with Gasteiger partial charge in [-0.05, 0) is 55.0 Å². The smallest absolute Gasteiger partial charge is 0.264 e. The largest absolute Gasteiger partial charge is 0.493 e. The first-order chi connectivity index (χ1) is 17.3. The molecule has 0 bridgehead atoms. The molecule has 0 aliphatic heterocycles. The van der Waals surface area contributed by atoms with Crippen LogP contribution in [-0.4, -0.2) is 40.8 Å². The molecule has 0 unspecified atom stereocenters. The molecule has 36 heavy (non-hydrogen) atoms. The highest BCUT2D eigenvalue weighted by molar-refractivity contribution is 7.92. The zero-order chi connectivity index (χ0) is 26.1. The minimum atomic E-state index is -4.24. The van der Waals surface area contributed by atoms with Crippen molar-refractivity contribution in [1.29, 1.82) is 0 Å². The molecule has 0 heterocycles. The summed E-state index contributed by atoms with van der Waals surface area (Å²) in [4.78, 5) is 12.6. The summed E-state index contributed by atoms with van der Waals surface area (Å²) in [6.45, 7) is 5.03. The summed E-state index contributed by atoms with van der Waals surface area (Å²) >= 11 is 0. The number of carbonyl (C=O) groups is 1. The van der Waals surface area contributed by atoms with Gasteiger partial charge in [-0.2, -0.15) is 5.10 Å². The van der Waals surface area contributed by atoms with Gasteiger partial charge < -0.3 is 9.47 Å². The van der Waals surface area contributed by atoms with E-state index in [4.69, 9.17) is 9.47 Å². The number of halogens is 1. The fraction of sp³-hybridized carbons (Fsp3) is 0.154. The Bertz CT molecular complexity index is 1360. The maximum Gasteiger partial charge on any atom is 0.264 e. The van der Waals surface area contributed by atoms with E-state index in [2.05, 4.69) is 17.1 Å². The number of hydrazone groups is 1. The zero-order valence-electron chi connectivity index (χ0n) is 19.8. The first-order valence-electron chi connectivity index (χ1n) is 10.8. The van der Waals surface area contributed by atoms with Gasteiger partial charge in [0, 0.05) is 0 Å². The second-order valence-corrected chi connectivity index (χ2v) is 9.44. The van der Waals surface area contributed by atoms with Crippen LogP contribution in [0.1, 0.15) is 11.1 Å². The average molecular weight is 512 g/mol. The van der Waals surface area contributed by atoms with E-state index in [1.54, 1.807) is 36.4 Å². The van der Waals surface area contributed by atoms with Crippen LogP contribution in [0.4, 0.5) is 10.1 Å². The first-order valence-corrected chi connectivity index (χ1v) is 12.3. The molecule has 0 fully saturated rings. The quantitative estimate of drug-likeness (QED) is 0.238. The third kappa shape index (κ3) is 6.48. The number of methoxy groups -OCH3 is 1. The number of para-hydroxylation sites is 1. The van der Waals surface area contributed by atoms with E-state index >= 15 is 0 Å². The number of nitrogens with one attached hydrogen (secondary N) is 1. The van der Waals surface area contributed by atoms with E-state index in [0.717, 1.165) is 11.6 Å². The molecule has 3 aromatic carbocycles. The monoisotopic (exact) mass is 511 g/mol. The predicted octanol–water partition coefficient (Wildman–Crippen LogP) is 4.05. The van der Waals surface area contributed by atoms with Gasteiger partial charge in [-0.3, -0.25) is 9.10 Å². The molecule has 0 aliphatic carbocycles. The van der Waals surface area contributed by atoms with Gasteiger partial charge in [0.2, 0.25) is 0 Å². The van der Waals surface area contributed by atoms with Crippen molar-refractivity contribution >= 4 is 27.8 Å². The van der Waals surface area contributed by atoms with Gasteiger partial charge >= 0.3 is 0 Å². The minimum Gasteiger partial charge on any atom is -0.493 e. The average Bonchev–Trinajstić information content (AvgIpc) is 2.87.